The van der Waals surface area contributed by atoms with Gasteiger partial charge in [0.05, 0.1) is 6.10 Å². The van der Waals surface area contributed by atoms with Crippen molar-refractivity contribution >= 4 is 5.91 Å². The molecule has 1 atom stereocenters. The smallest absolute Gasteiger partial charge is 0.220 e. The number of ether oxygens (including phenoxy) is 1. The van der Waals surface area contributed by atoms with Gasteiger partial charge in [0.2, 0.25) is 5.91 Å². The average molecular weight is 229 g/mol. The lowest BCUT2D eigenvalue weighted by atomic mass is 9.82. The molecule has 1 amide bonds. The highest BCUT2D eigenvalue weighted by Gasteiger charge is 2.27. The Labute approximate surface area is 97.4 Å². The molecule has 0 aromatic rings. The lowest BCUT2D eigenvalue weighted by Gasteiger charge is -2.33. The van der Waals surface area contributed by atoms with E-state index >= 15 is 0 Å². The summed E-state index contributed by atoms with van der Waals surface area (Å²) in [4.78, 5) is 11.5. The molecule has 0 aromatic carbocycles. The van der Waals surface area contributed by atoms with Gasteiger partial charge in [-0.1, -0.05) is 6.92 Å². The van der Waals surface area contributed by atoms with Crippen molar-refractivity contribution < 1.29 is 14.6 Å². The fourth-order valence-corrected chi connectivity index (χ4v) is 1.78. The molecule has 94 valence electrons. The van der Waals surface area contributed by atoms with Crippen LogP contribution in [0, 0.1) is 5.41 Å². The molecule has 0 spiro atoms. The zero-order chi connectivity index (χ0) is 12.0. The van der Waals surface area contributed by atoms with Crippen molar-refractivity contribution in [1.29, 1.82) is 0 Å². The van der Waals surface area contributed by atoms with Crippen LogP contribution in [0.3, 0.4) is 0 Å². The van der Waals surface area contributed by atoms with Gasteiger partial charge in [-0.05, 0) is 31.6 Å². The van der Waals surface area contributed by atoms with E-state index in [1.165, 1.54) is 0 Å². The van der Waals surface area contributed by atoms with Crippen molar-refractivity contribution in [2.24, 2.45) is 5.41 Å². The number of aliphatic hydroxyl groups excluding tert-OH is 1. The third kappa shape index (κ3) is 4.94. The van der Waals surface area contributed by atoms with Gasteiger partial charge in [0, 0.05) is 26.2 Å². The molecule has 16 heavy (non-hydrogen) atoms. The van der Waals surface area contributed by atoms with Crippen LogP contribution >= 0.6 is 0 Å². The molecular formula is C12H23NO3. The van der Waals surface area contributed by atoms with Crippen molar-refractivity contribution in [3.63, 3.8) is 0 Å². The van der Waals surface area contributed by atoms with Gasteiger partial charge < -0.3 is 15.2 Å². The Kier molecular flexibility index (Phi) is 5.22. The van der Waals surface area contributed by atoms with Crippen LogP contribution in [0.4, 0.5) is 0 Å². The summed E-state index contributed by atoms with van der Waals surface area (Å²) in [5.41, 5.74) is 0.179. The molecule has 1 aliphatic rings. The van der Waals surface area contributed by atoms with Crippen LogP contribution in [0.15, 0.2) is 0 Å². The molecule has 1 saturated heterocycles. The highest BCUT2D eigenvalue weighted by Crippen LogP contribution is 2.28. The number of hydrogen-bond acceptors (Lipinski definition) is 3. The van der Waals surface area contributed by atoms with Gasteiger partial charge in [-0.15, -0.1) is 0 Å². The summed E-state index contributed by atoms with van der Waals surface area (Å²) in [6, 6.07) is 0. The molecule has 4 heteroatoms. The van der Waals surface area contributed by atoms with E-state index in [1.807, 2.05) is 0 Å². The van der Waals surface area contributed by atoms with E-state index in [-0.39, 0.29) is 11.3 Å². The SMILES string of the molecule is CC(O)CCC(=O)NCC1(C)CCOCC1. The maximum Gasteiger partial charge on any atom is 0.220 e. The molecule has 0 aromatic heterocycles. The predicted octanol–water partition coefficient (Wildman–Crippen LogP) is 1.08. The van der Waals surface area contributed by atoms with Gasteiger partial charge >= 0.3 is 0 Å². The fourth-order valence-electron chi connectivity index (χ4n) is 1.78. The third-order valence-corrected chi connectivity index (χ3v) is 3.20. The number of aliphatic hydroxyl groups is 1. The number of carbonyl (C=O) groups is 1. The first kappa shape index (κ1) is 13.5. The summed E-state index contributed by atoms with van der Waals surface area (Å²) in [7, 11) is 0. The quantitative estimate of drug-likeness (QED) is 0.741. The summed E-state index contributed by atoms with van der Waals surface area (Å²) in [6.07, 6.45) is 2.55. The number of hydrogen-bond donors (Lipinski definition) is 2. The van der Waals surface area contributed by atoms with Gasteiger partial charge in [-0.25, -0.2) is 0 Å². The molecule has 1 aliphatic heterocycles. The van der Waals surface area contributed by atoms with Gasteiger partial charge in [0.25, 0.3) is 0 Å². The number of nitrogens with one attached hydrogen (secondary N) is 1. The minimum absolute atomic E-state index is 0.0358. The summed E-state index contributed by atoms with van der Waals surface area (Å²) in [6.45, 7) is 6.19. The highest BCUT2D eigenvalue weighted by molar-refractivity contribution is 5.75. The van der Waals surface area contributed by atoms with Crippen molar-refractivity contribution in [2.45, 2.75) is 45.6 Å². The molecule has 1 heterocycles. The summed E-state index contributed by atoms with van der Waals surface area (Å²) in [5, 5.41) is 12.0. The lowest BCUT2D eigenvalue weighted by molar-refractivity contribution is -0.122. The third-order valence-electron chi connectivity index (χ3n) is 3.20. The molecule has 1 rings (SSSR count). The topological polar surface area (TPSA) is 58.6 Å². The van der Waals surface area contributed by atoms with E-state index in [4.69, 9.17) is 9.84 Å². The molecule has 2 N–H and O–H groups in total. The number of rotatable bonds is 5. The maximum atomic E-state index is 11.5. The summed E-state index contributed by atoms with van der Waals surface area (Å²) < 4.78 is 5.30. The van der Waals surface area contributed by atoms with Crippen LogP contribution in [0.2, 0.25) is 0 Å². The first-order chi connectivity index (χ1) is 7.52. The lowest BCUT2D eigenvalue weighted by Crippen LogP contribution is -2.39. The molecule has 0 bridgehead atoms. The van der Waals surface area contributed by atoms with Crippen molar-refractivity contribution in [3.8, 4) is 0 Å². The van der Waals surface area contributed by atoms with Gasteiger partial charge in [0.1, 0.15) is 0 Å². The van der Waals surface area contributed by atoms with Crippen LogP contribution in [0.25, 0.3) is 0 Å². The second-order valence-electron chi connectivity index (χ2n) is 5.09. The molecule has 4 nitrogen and oxygen atoms in total. The van der Waals surface area contributed by atoms with Crippen molar-refractivity contribution in [2.75, 3.05) is 19.8 Å². The highest BCUT2D eigenvalue weighted by atomic mass is 16.5. The zero-order valence-electron chi connectivity index (χ0n) is 10.3. The van der Waals surface area contributed by atoms with Crippen LogP contribution in [0.5, 0.6) is 0 Å². The van der Waals surface area contributed by atoms with E-state index in [0.717, 1.165) is 32.6 Å². The molecule has 0 radical (unpaired) electrons. The average Bonchev–Trinajstić information content (AvgIpc) is 2.25. The van der Waals surface area contributed by atoms with Gasteiger partial charge in [-0.3, -0.25) is 4.79 Å². The number of amides is 1. The molecule has 1 unspecified atom stereocenters. The van der Waals surface area contributed by atoms with E-state index in [1.54, 1.807) is 6.92 Å². The Bertz CT molecular complexity index is 222. The van der Waals surface area contributed by atoms with Crippen molar-refractivity contribution in [1.82, 2.24) is 5.32 Å². The van der Waals surface area contributed by atoms with E-state index in [0.29, 0.717) is 12.8 Å². The largest absolute Gasteiger partial charge is 0.393 e. The normalized spacial score (nSPS) is 21.4. The molecular weight excluding hydrogens is 206 g/mol. The van der Waals surface area contributed by atoms with E-state index < -0.39 is 6.10 Å². The zero-order valence-corrected chi connectivity index (χ0v) is 10.3. The molecule has 0 aliphatic carbocycles. The van der Waals surface area contributed by atoms with E-state index in [2.05, 4.69) is 12.2 Å². The Hall–Kier alpha value is -0.610. The van der Waals surface area contributed by atoms with E-state index in [9.17, 15) is 4.79 Å². The van der Waals surface area contributed by atoms with Crippen molar-refractivity contribution in [3.05, 3.63) is 0 Å². The minimum Gasteiger partial charge on any atom is -0.393 e. The monoisotopic (exact) mass is 229 g/mol. The Morgan fingerprint density at radius 1 is 1.50 bits per heavy atom. The second kappa shape index (κ2) is 6.21. The summed E-state index contributed by atoms with van der Waals surface area (Å²) >= 11 is 0. The Morgan fingerprint density at radius 3 is 2.69 bits per heavy atom. The van der Waals surface area contributed by atoms with Crippen LogP contribution < -0.4 is 5.32 Å². The fraction of sp³-hybridized carbons (Fsp3) is 0.917. The Morgan fingerprint density at radius 2 is 2.12 bits per heavy atom. The molecule has 1 fully saturated rings. The Balaban J connectivity index is 2.19. The van der Waals surface area contributed by atoms with Crippen LogP contribution in [-0.4, -0.2) is 36.9 Å². The predicted molar refractivity (Wildman–Crippen MR) is 62.1 cm³/mol. The first-order valence-electron chi connectivity index (χ1n) is 6.04. The maximum absolute atomic E-state index is 11.5. The first-order valence-corrected chi connectivity index (χ1v) is 6.04. The van der Waals surface area contributed by atoms with Gasteiger partial charge in [-0.2, -0.15) is 0 Å². The number of carbonyl (C=O) groups excluding carboxylic acids is 1. The standard InChI is InChI=1S/C12H23NO3/c1-10(14)3-4-11(15)13-9-12(2)5-7-16-8-6-12/h10,14H,3-9H2,1-2H3,(H,13,15). The van der Waals surface area contributed by atoms with Crippen LogP contribution in [0.1, 0.15) is 39.5 Å². The van der Waals surface area contributed by atoms with Crippen LogP contribution in [-0.2, 0) is 9.53 Å². The molecule has 0 saturated carbocycles. The second-order valence-corrected chi connectivity index (χ2v) is 5.09. The minimum atomic E-state index is -0.399. The summed E-state index contributed by atoms with van der Waals surface area (Å²) in [5.74, 6) is 0.0358. The van der Waals surface area contributed by atoms with Gasteiger partial charge in [0.15, 0.2) is 0 Å².